The van der Waals surface area contributed by atoms with Gasteiger partial charge in [-0.25, -0.2) is 4.98 Å². The number of nitrogens with zero attached hydrogens (tertiary/aromatic N) is 5. The number of hydrogen-bond donors (Lipinski definition) is 1. The van der Waals surface area contributed by atoms with Gasteiger partial charge in [-0.05, 0) is 42.7 Å². The maximum atomic E-state index is 13.2. The van der Waals surface area contributed by atoms with Crippen LogP contribution in [0.4, 0.5) is 0 Å². The molecular weight excluding hydrogens is 528 g/mol. The van der Waals surface area contributed by atoms with Crippen molar-refractivity contribution in [3.8, 4) is 28.6 Å². The number of aryl methyl sites for hydroxylation is 1. The smallest absolute Gasteiger partial charge is 0.259 e. The molecule has 4 aromatic rings. The molecule has 2 aromatic heterocycles. The van der Waals surface area contributed by atoms with E-state index in [9.17, 15) is 9.59 Å². The van der Waals surface area contributed by atoms with Crippen LogP contribution in [0.5, 0.6) is 0 Å². The number of carbonyl (C=O) groups is 1. The first-order valence-corrected chi connectivity index (χ1v) is 13.9. The average Bonchev–Trinajstić information content (AvgIpc) is 3.43. The standard InChI is InChI=1S/C30H31ClN6O3/c31-25-10-8-22(9-11-25)26-21-37-28(38)20-27(36(30(37)34-26)14-3-1-2-12-32)23-4-6-24(7-5-23)29(39)33-13-15-35-16-18-40-19-17-35/h4-11,20-21H,1-3,13-19H2,(H,33,39). The molecule has 1 aliphatic heterocycles. The molecule has 0 saturated carbocycles. The molecule has 0 unspecified atom stereocenters. The van der Waals surface area contributed by atoms with Crippen molar-refractivity contribution < 1.29 is 9.53 Å². The summed E-state index contributed by atoms with van der Waals surface area (Å²) in [5, 5.41) is 12.6. The Hall–Kier alpha value is -3.97. The molecule has 0 atom stereocenters. The summed E-state index contributed by atoms with van der Waals surface area (Å²) in [6, 6.07) is 18.4. The van der Waals surface area contributed by atoms with Gasteiger partial charge in [0.15, 0.2) is 0 Å². The molecule has 1 saturated heterocycles. The van der Waals surface area contributed by atoms with Crippen molar-refractivity contribution >= 4 is 23.3 Å². The highest BCUT2D eigenvalue weighted by Gasteiger charge is 2.16. The molecule has 0 radical (unpaired) electrons. The summed E-state index contributed by atoms with van der Waals surface area (Å²) in [6.07, 6.45) is 3.70. The Morgan fingerprint density at radius 1 is 1.02 bits per heavy atom. The number of amides is 1. The van der Waals surface area contributed by atoms with Crippen LogP contribution in [0.1, 0.15) is 29.6 Å². The number of unbranched alkanes of at least 4 members (excludes halogenated alkanes) is 2. The normalized spacial score (nSPS) is 13.8. The molecule has 0 aliphatic carbocycles. The number of benzene rings is 2. The third-order valence-electron chi connectivity index (χ3n) is 7.04. The second-order valence-corrected chi connectivity index (χ2v) is 10.2. The molecule has 40 heavy (non-hydrogen) atoms. The summed E-state index contributed by atoms with van der Waals surface area (Å²) in [6.45, 7) is 5.15. The molecule has 206 valence electrons. The first kappa shape index (κ1) is 27.6. The summed E-state index contributed by atoms with van der Waals surface area (Å²) < 4.78 is 8.93. The number of aromatic nitrogens is 3. The molecule has 1 aliphatic rings. The Balaban J connectivity index is 1.41. The van der Waals surface area contributed by atoms with Gasteiger partial charge in [0, 0.05) is 67.6 Å². The van der Waals surface area contributed by atoms with Gasteiger partial charge in [-0.1, -0.05) is 35.9 Å². The molecule has 0 spiro atoms. The average molecular weight is 559 g/mol. The van der Waals surface area contributed by atoms with E-state index in [1.165, 1.54) is 0 Å². The van der Waals surface area contributed by atoms with E-state index >= 15 is 0 Å². The minimum Gasteiger partial charge on any atom is -0.379 e. The number of imidazole rings is 1. The van der Waals surface area contributed by atoms with Gasteiger partial charge in [-0.15, -0.1) is 0 Å². The lowest BCUT2D eigenvalue weighted by Gasteiger charge is -2.26. The molecule has 9 nitrogen and oxygen atoms in total. The number of ether oxygens (including phenoxy) is 1. The molecule has 1 amide bonds. The third-order valence-corrected chi connectivity index (χ3v) is 7.29. The largest absolute Gasteiger partial charge is 0.379 e. The molecule has 10 heteroatoms. The number of hydrogen-bond acceptors (Lipinski definition) is 6. The van der Waals surface area contributed by atoms with Crippen LogP contribution in [0.3, 0.4) is 0 Å². The number of fused-ring (bicyclic) bond motifs is 1. The van der Waals surface area contributed by atoms with Gasteiger partial charge in [0.25, 0.3) is 11.5 Å². The van der Waals surface area contributed by atoms with Gasteiger partial charge in [0.2, 0.25) is 5.78 Å². The van der Waals surface area contributed by atoms with Gasteiger partial charge < -0.3 is 14.6 Å². The molecule has 3 heterocycles. The number of carbonyl (C=O) groups excluding carboxylic acids is 1. The lowest BCUT2D eigenvalue weighted by Crippen LogP contribution is -2.41. The minimum absolute atomic E-state index is 0.134. The zero-order valence-electron chi connectivity index (χ0n) is 22.2. The Labute approximate surface area is 237 Å². The lowest BCUT2D eigenvalue weighted by atomic mass is 10.1. The van der Waals surface area contributed by atoms with Gasteiger partial charge in [0.1, 0.15) is 0 Å². The van der Waals surface area contributed by atoms with Gasteiger partial charge >= 0.3 is 0 Å². The van der Waals surface area contributed by atoms with Crippen LogP contribution in [-0.4, -0.2) is 64.2 Å². The Kier molecular flexibility index (Phi) is 8.91. The Morgan fingerprint density at radius 2 is 1.75 bits per heavy atom. The summed E-state index contributed by atoms with van der Waals surface area (Å²) >= 11 is 6.05. The van der Waals surface area contributed by atoms with E-state index in [1.54, 1.807) is 40.9 Å². The Morgan fingerprint density at radius 3 is 2.48 bits per heavy atom. The number of nitriles is 1. The SMILES string of the molecule is N#CCCCCn1c(-c2ccc(C(=O)NCCN3CCOCC3)cc2)cc(=O)n2cc(-c3ccc(Cl)cc3)nc12. The van der Waals surface area contributed by atoms with E-state index in [2.05, 4.69) is 16.3 Å². The summed E-state index contributed by atoms with van der Waals surface area (Å²) in [7, 11) is 0. The molecular formula is C30H31ClN6O3. The highest BCUT2D eigenvalue weighted by atomic mass is 35.5. The predicted octanol–water partition coefficient (Wildman–Crippen LogP) is 4.24. The van der Waals surface area contributed by atoms with Crippen molar-refractivity contribution in [3.05, 3.63) is 81.7 Å². The van der Waals surface area contributed by atoms with Crippen LogP contribution >= 0.6 is 11.6 Å². The maximum absolute atomic E-state index is 13.2. The maximum Gasteiger partial charge on any atom is 0.259 e. The fourth-order valence-electron chi connectivity index (χ4n) is 4.84. The summed E-state index contributed by atoms with van der Waals surface area (Å²) in [4.78, 5) is 33.0. The van der Waals surface area contributed by atoms with E-state index in [0.29, 0.717) is 47.3 Å². The van der Waals surface area contributed by atoms with Crippen LogP contribution in [-0.2, 0) is 11.3 Å². The van der Waals surface area contributed by atoms with Crippen LogP contribution in [0, 0.1) is 11.3 Å². The first-order chi connectivity index (χ1) is 19.5. The van der Waals surface area contributed by atoms with Crippen LogP contribution in [0.25, 0.3) is 28.3 Å². The van der Waals surface area contributed by atoms with E-state index in [1.807, 2.05) is 28.8 Å². The Bertz CT molecular complexity index is 1560. The molecule has 0 bridgehead atoms. The van der Waals surface area contributed by atoms with Crippen molar-refractivity contribution in [3.63, 3.8) is 0 Å². The number of rotatable bonds is 10. The second-order valence-electron chi connectivity index (χ2n) is 9.72. The zero-order valence-corrected chi connectivity index (χ0v) is 22.9. The highest BCUT2D eigenvalue weighted by Crippen LogP contribution is 2.25. The monoisotopic (exact) mass is 558 g/mol. The van der Waals surface area contributed by atoms with E-state index in [-0.39, 0.29) is 11.5 Å². The first-order valence-electron chi connectivity index (χ1n) is 13.5. The molecule has 5 rings (SSSR count). The van der Waals surface area contributed by atoms with Gasteiger partial charge in [-0.2, -0.15) is 5.26 Å². The molecule has 2 aromatic carbocycles. The fourth-order valence-corrected chi connectivity index (χ4v) is 4.96. The van der Waals surface area contributed by atoms with Gasteiger partial charge in [-0.3, -0.25) is 18.9 Å². The topological polar surface area (TPSA) is 105 Å². The predicted molar refractivity (Wildman–Crippen MR) is 154 cm³/mol. The minimum atomic E-state index is -0.198. The third kappa shape index (κ3) is 6.42. The zero-order chi connectivity index (χ0) is 27.9. The molecule has 1 N–H and O–H groups in total. The van der Waals surface area contributed by atoms with Crippen LogP contribution in [0.2, 0.25) is 5.02 Å². The highest BCUT2D eigenvalue weighted by molar-refractivity contribution is 6.30. The van der Waals surface area contributed by atoms with E-state index in [0.717, 1.165) is 56.8 Å². The number of morpholine rings is 1. The van der Waals surface area contributed by atoms with E-state index < -0.39 is 0 Å². The van der Waals surface area contributed by atoms with Crippen LogP contribution in [0.15, 0.2) is 65.6 Å². The summed E-state index contributed by atoms with van der Waals surface area (Å²) in [5.41, 5.74) is 3.40. The van der Waals surface area contributed by atoms with Crippen molar-refractivity contribution in [2.45, 2.75) is 25.8 Å². The quantitative estimate of drug-likeness (QED) is 0.292. The van der Waals surface area contributed by atoms with E-state index in [4.69, 9.17) is 26.6 Å². The van der Waals surface area contributed by atoms with Crippen molar-refractivity contribution in [1.82, 2.24) is 24.2 Å². The fraction of sp³-hybridized carbons (Fsp3) is 0.333. The van der Waals surface area contributed by atoms with Crippen molar-refractivity contribution in [2.75, 3.05) is 39.4 Å². The lowest BCUT2D eigenvalue weighted by molar-refractivity contribution is 0.0383. The number of halogens is 1. The van der Waals surface area contributed by atoms with Gasteiger partial charge in [0.05, 0.1) is 30.7 Å². The van der Waals surface area contributed by atoms with Crippen LogP contribution < -0.4 is 10.9 Å². The van der Waals surface area contributed by atoms with Crippen molar-refractivity contribution in [1.29, 1.82) is 5.26 Å². The van der Waals surface area contributed by atoms with Crippen molar-refractivity contribution in [2.24, 2.45) is 0 Å². The number of nitrogens with one attached hydrogen (secondary N) is 1. The second kappa shape index (κ2) is 12.9. The molecule has 1 fully saturated rings. The summed E-state index contributed by atoms with van der Waals surface area (Å²) in [5.74, 6) is 0.388.